The lowest BCUT2D eigenvalue weighted by Crippen LogP contribution is -2.29. The van der Waals surface area contributed by atoms with E-state index in [1.54, 1.807) is 19.5 Å². The number of methoxy groups -OCH3 is 2. The third-order valence-corrected chi connectivity index (χ3v) is 9.46. The monoisotopic (exact) mass is 703 g/mol. The fourth-order valence-corrected chi connectivity index (χ4v) is 6.74. The molecule has 0 bridgehead atoms. The lowest BCUT2D eigenvalue weighted by atomic mass is 9.98. The Labute approximate surface area is 293 Å². The van der Waals surface area contributed by atoms with Gasteiger partial charge in [-0.1, -0.05) is 59.6 Å². The number of aromatic nitrogens is 4. The summed E-state index contributed by atoms with van der Waals surface area (Å²) >= 11 is 14.1. The molecule has 2 fully saturated rings. The van der Waals surface area contributed by atoms with Crippen LogP contribution >= 0.6 is 23.2 Å². The van der Waals surface area contributed by atoms with Gasteiger partial charge in [0.2, 0.25) is 29.5 Å². The zero-order valence-electron chi connectivity index (χ0n) is 27.0. The van der Waals surface area contributed by atoms with Gasteiger partial charge in [0.1, 0.15) is 11.4 Å². The third kappa shape index (κ3) is 7.66. The fourth-order valence-electron chi connectivity index (χ4n) is 6.10. The number of ether oxygens (including phenoxy) is 2. The molecule has 3 amide bonds. The van der Waals surface area contributed by atoms with E-state index in [-0.39, 0.29) is 30.2 Å². The summed E-state index contributed by atoms with van der Waals surface area (Å²) in [6.07, 6.45) is 7.31. The van der Waals surface area contributed by atoms with Crippen molar-refractivity contribution in [2.45, 2.75) is 51.1 Å². The summed E-state index contributed by atoms with van der Waals surface area (Å²) < 4.78 is 11.1. The van der Waals surface area contributed by atoms with Crippen molar-refractivity contribution in [3.8, 4) is 45.4 Å². The summed E-state index contributed by atoms with van der Waals surface area (Å²) in [7, 11) is 3.07. The maximum Gasteiger partial charge on any atom is 0.237 e. The highest BCUT2D eigenvalue weighted by Crippen LogP contribution is 2.42. The second-order valence-corrected chi connectivity index (χ2v) is 12.7. The van der Waals surface area contributed by atoms with Gasteiger partial charge in [0.25, 0.3) is 0 Å². The van der Waals surface area contributed by atoms with Crippen LogP contribution in [0.25, 0.3) is 33.6 Å². The number of nitrogens with one attached hydrogen (secondary N) is 3. The topological polar surface area (TPSA) is 157 Å². The van der Waals surface area contributed by atoms with E-state index >= 15 is 0 Å². The van der Waals surface area contributed by atoms with Gasteiger partial charge in [-0.3, -0.25) is 29.7 Å². The molecule has 3 N–H and O–H groups in total. The van der Waals surface area contributed by atoms with Gasteiger partial charge in [-0.25, -0.2) is 9.97 Å². The van der Waals surface area contributed by atoms with Crippen molar-refractivity contribution in [3.63, 3.8) is 0 Å². The SMILES string of the molecule is COc1nc(-c2cccc(-c3cccc(-c4cnc(CNCC5CC(=O)NC5=O)c(OC)n4)c3Cl)c2Cl)cnc1CCC[C@@H]1CCC(=O)N1. The highest BCUT2D eigenvalue weighted by Gasteiger charge is 2.30. The van der Waals surface area contributed by atoms with Crippen LogP contribution in [0.2, 0.25) is 10.0 Å². The van der Waals surface area contributed by atoms with Crippen LogP contribution in [-0.4, -0.2) is 64.5 Å². The maximum atomic E-state index is 11.9. The molecular weight excluding hydrogens is 669 g/mol. The number of carbonyl (C=O) groups is 3. The van der Waals surface area contributed by atoms with Gasteiger partial charge in [0, 0.05) is 54.2 Å². The van der Waals surface area contributed by atoms with E-state index in [4.69, 9.17) is 37.7 Å². The minimum Gasteiger partial charge on any atom is -0.480 e. The number of benzene rings is 2. The Morgan fingerprint density at radius 2 is 1.43 bits per heavy atom. The molecule has 4 heterocycles. The summed E-state index contributed by atoms with van der Waals surface area (Å²) in [5.41, 5.74) is 5.05. The summed E-state index contributed by atoms with van der Waals surface area (Å²) in [5, 5.41) is 9.35. The molecule has 12 nitrogen and oxygen atoms in total. The predicted molar refractivity (Wildman–Crippen MR) is 184 cm³/mol. The van der Waals surface area contributed by atoms with Crippen LogP contribution in [-0.2, 0) is 27.3 Å². The fraction of sp³-hybridized carbons (Fsp3) is 0.343. The molecule has 2 aliphatic heterocycles. The van der Waals surface area contributed by atoms with Crippen LogP contribution in [0.4, 0.5) is 0 Å². The summed E-state index contributed by atoms with van der Waals surface area (Å²) in [5.74, 6) is -0.125. The van der Waals surface area contributed by atoms with Gasteiger partial charge in [0.05, 0.1) is 54.0 Å². The zero-order valence-corrected chi connectivity index (χ0v) is 28.5. The summed E-state index contributed by atoms with van der Waals surface area (Å²) in [4.78, 5) is 53.5. The van der Waals surface area contributed by atoms with Crippen molar-refractivity contribution in [2.24, 2.45) is 5.92 Å². The van der Waals surface area contributed by atoms with Crippen molar-refractivity contribution in [1.82, 2.24) is 35.9 Å². The van der Waals surface area contributed by atoms with Crippen LogP contribution in [0, 0.1) is 5.92 Å². The summed E-state index contributed by atoms with van der Waals surface area (Å²) in [6, 6.07) is 11.4. The Hall–Kier alpha value is -4.65. The molecule has 2 aliphatic rings. The van der Waals surface area contributed by atoms with E-state index < -0.39 is 5.92 Å². The number of nitrogens with zero attached hydrogens (tertiary/aromatic N) is 4. The number of halogens is 2. The van der Waals surface area contributed by atoms with E-state index in [1.807, 2.05) is 36.4 Å². The van der Waals surface area contributed by atoms with Crippen molar-refractivity contribution in [1.29, 1.82) is 0 Å². The molecule has 0 saturated carbocycles. The molecule has 0 radical (unpaired) electrons. The predicted octanol–water partition coefficient (Wildman–Crippen LogP) is 4.95. The van der Waals surface area contributed by atoms with Crippen molar-refractivity contribution < 1.29 is 23.9 Å². The first-order chi connectivity index (χ1) is 23.7. The molecule has 2 saturated heterocycles. The molecule has 2 aromatic carbocycles. The lowest BCUT2D eigenvalue weighted by molar-refractivity contribution is -0.126. The highest BCUT2D eigenvalue weighted by atomic mass is 35.5. The molecule has 2 aromatic heterocycles. The quantitative estimate of drug-likeness (QED) is 0.163. The molecule has 14 heteroatoms. The third-order valence-electron chi connectivity index (χ3n) is 8.65. The maximum absolute atomic E-state index is 11.9. The second-order valence-electron chi connectivity index (χ2n) is 11.9. The van der Waals surface area contributed by atoms with Crippen LogP contribution in [0.1, 0.15) is 43.5 Å². The van der Waals surface area contributed by atoms with E-state index in [9.17, 15) is 14.4 Å². The van der Waals surface area contributed by atoms with Crippen molar-refractivity contribution >= 4 is 40.9 Å². The van der Waals surface area contributed by atoms with Gasteiger partial charge in [0.15, 0.2) is 0 Å². The number of hydrogen-bond acceptors (Lipinski definition) is 10. The zero-order chi connectivity index (χ0) is 34.5. The Morgan fingerprint density at radius 3 is 1.98 bits per heavy atom. The van der Waals surface area contributed by atoms with E-state index in [2.05, 4.69) is 30.9 Å². The van der Waals surface area contributed by atoms with E-state index in [1.165, 1.54) is 7.11 Å². The Morgan fingerprint density at radius 1 is 0.837 bits per heavy atom. The number of rotatable bonds is 13. The first-order valence-electron chi connectivity index (χ1n) is 16.0. The number of hydrogen-bond donors (Lipinski definition) is 3. The number of aryl methyl sites for hydroxylation is 1. The first kappa shape index (κ1) is 34.2. The van der Waals surface area contributed by atoms with Gasteiger partial charge >= 0.3 is 0 Å². The highest BCUT2D eigenvalue weighted by molar-refractivity contribution is 6.39. The first-order valence-corrected chi connectivity index (χ1v) is 16.7. The molecular formula is C35H35Cl2N7O5. The second kappa shape index (κ2) is 15.3. The normalized spacial score (nSPS) is 17.3. The van der Waals surface area contributed by atoms with Crippen LogP contribution in [0.5, 0.6) is 11.8 Å². The average molecular weight is 705 g/mol. The van der Waals surface area contributed by atoms with Crippen molar-refractivity contribution in [2.75, 3.05) is 20.8 Å². The largest absolute Gasteiger partial charge is 0.480 e. The van der Waals surface area contributed by atoms with E-state index in [0.29, 0.717) is 87.1 Å². The minimum absolute atomic E-state index is 0.112. The van der Waals surface area contributed by atoms with Crippen LogP contribution in [0.15, 0.2) is 48.8 Å². The molecule has 1 unspecified atom stereocenters. The number of amides is 3. The molecule has 0 spiro atoms. The van der Waals surface area contributed by atoms with Crippen molar-refractivity contribution in [3.05, 3.63) is 70.2 Å². The molecule has 49 heavy (non-hydrogen) atoms. The standard InChI is InChI=1S/C35H35Cl2N7O5/c1-48-34-25(11-3-6-20-12-13-29(45)41-20)39-17-26(42-34)23-9-4-7-21(31(23)36)22-8-5-10-24(32(22)37)27-18-40-28(35(43-27)49-2)16-38-15-19-14-30(46)44-33(19)47/h4-5,7-10,17-20,38H,3,6,11-16H2,1-2H3,(H,41,45)(H,44,46,47)/t19?,20-/m1/s1. The minimum atomic E-state index is -0.421. The molecule has 254 valence electrons. The summed E-state index contributed by atoms with van der Waals surface area (Å²) in [6.45, 7) is 0.613. The van der Waals surface area contributed by atoms with Gasteiger partial charge < -0.3 is 20.1 Å². The lowest BCUT2D eigenvalue weighted by Gasteiger charge is -2.15. The van der Waals surface area contributed by atoms with E-state index in [0.717, 1.165) is 25.0 Å². The smallest absolute Gasteiger partial charge is 0.237 e. The van der Waals surface area contributed by atoms with Gasteiger partial charge in [-0.15, -0.1) is 0 Å². The molecule has 0 aliphatic carbocycles. The Kier molecular flexibility index (Phi) is 10.7. The van der Waals surface area contributed by atoms with Crippen LogP contribution in [0.3, 0.4) is 0 Å². The molecule has 2 atom stereocenters. The molecule has 6 rings (SSSR count). The molecule has 4 aromatic rings. The Bertz CT molecular complexity index is 1910. The Balaban J connectivity index is 1.20. The van der Waals surface area contributed by atoms with Crippen LogP contribution < -0.4 is 25.4 Å². The average Bonchev–Trinajstić information content (AvgIpc) is 3.67. The number of imide groups is 1. The van der Waals surface area contributed by atoms with Gasteiger partial charge in [-0.05, 0) is 25.7 Å². The number of carbonyl (C=O) groups excluding carboxylic acids is 3. The van der Waals surface area contributed by atoms with Gasteiger partial charge in [-0.2, -0.15) is 0 Å².